The van der Waals surface area contributed by atoms with Crippen LogP contribution in [0.2, 0.25) is 0 Å². The number of anilines is 1. The molecule has 6 nitrogen and oxygen atoms in total. The number of nitrogens with zero attached hydrogens (tertiary/aromatic N) is 3. The lowest BCUT2D eigenvalue weighted by molar-refractivity contribution is 0.101. The summed E-state index contributed by atoms with van der Waals surface area (Å²) in [6.07, 6.45) is 6.18. The predicted octanol–water partition coefficient (Wildman–Crippen LogP) is 3.74. The molecule has 1 atom stereocenters. The molecule has 0 spiro atoms. The van der Waals surface area contributed by atoms with Crippen molar-refractivity contribution in [1.82, 2.24) is 15.0 Å². The highest BCUT2D eigenvalue weighted by molar-refractivity contribution is 7.99. The maximum atomic E-state index is 12.7. The number of hydrogen-bond donors (Lipinski definition) is 1. The second-order valence-electron chi connectivity index (χ2n) is 5.69. The van der Waals surface area contributed by atoms with Crippen LogP contribution in [0.25, 0.3) is 11.3 Å². The van der Waals surface area contributed by atoms with E-state index in [-0.39, 0.29) is 12.0 Å². The van der Waals surface area contributed by atoms with E-state index in [1.165, 1.54) is 11.3 Å². The lowest BCUT2D eigenvalue weighted by Gasteiger charge is -2.14. The fourth-order valence-electron chi connectivity index (χ4n) is 2.56. The number of ether oxygens (including phenoxy) is 1. The molecule has 0 bridgehead atoms. The van der Waals surface area contributed by atoms with Crippen molar-refractivity contribution in [2.24, 2.45) is 0 Å². The average molecular weight is 384 g/mol. The Labute approximate surface area is 159 Å². The molecule has 4 rings (SSSR count). The van der Waals surface area contributed by atoms with Crippen molar-refractivity contribution in [1.29, 1.82) is 0 Å². The minimum absolute atomic E-state index is 0.110. The molecule has 3 aromatic rings. The van der Waals surface area contributed by atoms with Gasteiger partial charge in [0.2, 0.25) is 5.88 Å². The molecule has 0 aliphatic carbocycles. The van der Waals surface area contributed by atoms with Crippen molar-refractivity contribution in [3.05, 3.63) is 53.8 Å². The number of carbonyl (C=O) groups is 1. The predicted molar refractivity (Wildman–Crippen MR) is 104 cm³/mol. The van der Waals surface area contributed by atoms with Crippen molar-refractivity contribution < 1.29 is 9.53 Å². The molecule has 1 fully saturated rings. The molecule has 4 heterocycles. The van der Waals surface area contributed by atoms with Crippen LogP contribution >= 0.6 is 23.1 Å². The molecule has 1 aliphatic heterocycles. The Morgan fingerprint density at radius 3 is 3.00 bits per heavy atom. The van der Waals surface area contributed by atoms with Gasteiger partial charge in [0.1, 0.15) is 11.7 Å². The largest absolute Gasteiger partial charge is 0.473 e. The zero-order chi connectivity index (χ0) is 17.8. The summed E-state index contributed by atoms with van der Waals surface area (Å²) in [7, 11) is 0. The van der Waals surface area contributed by atoms with Crippen molar-refractivity contribution >= 4 is 34.1 Å². The van der Waals surface area contributed by atoms with Gasteiger partial charge in [-0.05, 0) is 36.4 Å². The first-order valence-corrected chi connectivity index (χ1v) is 10.2. The summed E-state index contributed by atoms with van der Waals surface area (Å²) in [5.74, 6) is 2.11. The molecule has 0 aromatic carbocycles. The summed E-state index contributed by atoms with van der Waals surface area (Å²) < 4.78 is 5.92. The fraction of sp³-hybridized carbons (Fsp3) is 0.222. The molecule has 1 unspecified atom stereocenters. The molecule has 1 saturated heterocycles. The number of aromatic nitrogens is 3. The minimum atomic E-state index is -0.272. The topological polar surface area (TPSA) is 77.0 Å². The molecule has 3 aromatic heterocycles. The Hall–Kier alpha value is -2.45. The van der Waals surface area contributed by atoms with Crippen molar-refractivity contribution in [2.75, 3.05) is 16.8 Å². The van der Waals surface area contributed by atoms with Gasteiger partial charge in [-0.15, -0.1) is 11.3 Å². The SMILES string of the molecule is O=C(Nc1nc(-c2cccnc2)cs1)c1cccnc1OC1CCSC1. The van der Waals surface area contributed by atoms with E-state index in [1.54, 1.807) is 30.7 Å². The summed E-state index contributed by atoms with van der Waals surface area (Å²) in [6, 6.07) is 7.23. The highest BCUT2D eigenvalue weighted by Gasteiger charge is 2.22. The van der Waals surface area contributed by atoms with Gasteiger partial charge < -0.3 is 4.74 Å². The van der Waals surface area contributed by atoms with Gasteiger partial charge in [-0.3, -0.25) is 15.1 Å². The number of nitrogens with one attached hydrogen (secondary N) is 1. The molecule has 0 radical (unpaired) electrons. The first kappa shape index (κ1) is 17.0. The standard InChI is InChI=1S/C18H16N4O2S2/c23-16(14-4-2-7-20-17(14)24-13-5-8-25-10-13)22-18-21-15(11-26-18)12-3-1-6-19-9-12/h1-4,6-7,9,11,13H,5,8,10H2,(H,21,22,23). The van der Waals surface area contributed by atoms with Crippen molar-refractivity contribution in [3.8, 4) is 17.1 Å². The minimum Gasteiger partial charge on any atom is -0.473 e. The fourth-order valence-corrected chi connectivity index (χ4v) is 4.37. The molecule has 8 heteroatoms. The van der Waals surface area contributed by atoms with Crippen LogP contribution in [0.4, 0.5) is 5.13 Å². The number of hydrogen-bond acceptors (Lipinski definition) is 7. The van der Waals surface area contributed by atoms with Gasteiger partial charge in [0.25, 0.3) is 5.91 Å². The van der Waals surface area contributed by atoms with E-state index in [2.05, 4.69) is 20.3 Å². The van der Waals surface area contributed by atoms with Crippen LogP contribution in [0.5, 0.6) is 5.88 Å². The smallest absolute Gasteiger partial charge is 0.262 e. The van der Waals surface area contributed by atoms with Crippen LogP contribution in [0.3, 0.4) is 0 Å². The maximum absolute atomic E-state index is 12.7. The van der Waals surface area contributed by atoms with Crippen LogP contribution in [0.15, 0.2) is 48.2 Å². The lowest BCUT2D eigenvalue weighted by atomic mass is 10.2. The molecule has 0 saturated carbocycles. The summed E-state index contributed by atoms with van der Waals surface area (Å²) in [5.41, 5.74) is 2.11. The van der Waals surface area contributed by atoms with Gasteiger partial charge in [-0.1, -0.05) is 0 Å². The van der Waals surface area contributed by atoms with Crippen LogP contribution in [0.1, 0.15) is 16.8 Å². The molecule has 1 amide bonds. The highest BCUT2D eigenvalue weighted by atomic mass is 32.2. The first-order chi connectivity index (χ1) is 12.8. The van der Waals surface area contributed by atoms with Crippen LogP contribution in [-0.4, -0.2) is 38.5 Å². The van der Waals surface area contributed by atoms with Crippen LogP contribution in [-0.2, 0) is 0 Å². The number of pyridine rings is 2. The van der Waals surface area contributed by atoms with E-state index in [0.29, 0.717) is 16.6 Å². The molecule has 132 valence electrons. The van der Waals surface area contributed by atoms with Gasteiger partial charge in [0.05, 0.1) is 5.69 Å². The lowest BCUT2D eigenvalue weighted by Crippen LogP contribution is -2.20. The number of thioether (sulfide) groups is 1. The Morgan fingerprint density at radius 1 is 1.27 bits per heavy atom. The van der Waals surface area contributed by atoms with Gasteiger partial charge in [-0.2, -0.15) is 11.8 Å². The number of amides is 1. The van der Waals surface area contributed by atoms with E-state index in [1.807, 2.05) is 29.3 Å². The number of carbonyl (C=O) groups excluding carboxylic acids is 1. The normalized spacial score (nSPS) is 16.4. The number of thiazole rings is 1. The number of rotatable bonds is 5. The average Bonchev–Trinajstić information content (AvgIpc) is 3.35. The van der Waals surface area contributed by atoms with Gasteiger partial charge in [0.15, 0.2) is 5.13 Å². The van der Waals surface area contributed by atoms with Gasteiger partial charge in [0, 0.05) is 35.3 Å². The van der Waals surface area contributed by atoms with Gasteiger partial charge >= 0.3 is 0 Å². The van der Waals surface area contributed by atoms with E-state index in [0.717, 1.165) is 29.2 Å². The zero-order valence-corrected chi connectivity index (χ0v) is 15.4. The molecule has 1 N–H and O–H groups in total. The van der Waals surface area contributed by atoms with E-state index in [4.69, 9.17) is 4.74 Å². The Balaban J connectivity index is 1.49. The Kier molecular flexibility index (Phi) is 5.12. The summed E-state index contributed by atoms with van der Waals surface area (Å²) in [5, 5.41) is 5.26. The van der Waals surface area contributed by atoms with Crippen LogP contribution in [0, 0.1) is 0 Å². The summed E-state index contributed by atoms with van der Waals surface area (Å²) in [4.78, 5) is 25.5. The molecular weight excluding hydrogens is 368 g/mol. The Bertz CT molecular complexity index is 895. The third kappa shape index (κ3) is 3.86. The highest BCUT2D eigenvalue weighted by Crippen LogP contribution is 2.27. The van der Waals surface area contributed by atoms with Gasteiger partial charge in [-0.25, -0.2) is 9.97 Å². The van der Waals surface area contributed by atoms with E-state index < -0.39 is 0 Å². The first-order valence-electron chi connectivity index (χ1n) is 8.16. The third-order valence-electron chi connectivity index (χ3n) is 3.86. The monoisotopic (exact) mass is 384 g/mol. The second-order valence-corrected chi connectivity index (χ2v) is 7.70. The van der Waals surface area contributed by atoms with Crippen LogP contribution < -0.4 is 10.1 Å². The van der Waals surface area contributed by atoms with E-state index in [9.17, 15) is 4.79 Å². The summed E-state index contributed by atoms with van der Waals surface area (Å²) in [6.45, 7) is 0. The molecule has 1 aliphatic rings. The zero-order valence-electron chi connectivity index (χ0n) is 13.8. The summed E-state index contributed by atoms with van der Waals surface area (Å²) >= 11 is 3.22. The second kappa shape index (κ2) is 7.84. The Morgan fingerprint density at radius 2 is 2.19 bits per heavy atom. The van der Waals surface area contributed by atoms with Crippen molar-refractivity contribution in [2.45, 2.75) is 12.5 Å². The molecular formula is C18H16N4O2S2. The maximum Gasteiger partial charge on any atom is 0.262 e. The molecule has 26 heavy (non-hydrogen) atoms. The van der Waals surface area contributed by atoms with E-state index >= 15 is 0 Å². The third-order valence-corrected chi connectivity index (χ3v) is 5.75. The van der Waals surface area contributed by atoms with Crippen molar-refractivity contribution in [3.63, 3.8) is 0 Å². The quantitative estimate of drug-likeness (QED) is 0.722.